The molecule has 2 amide bonds. The molecule has 0 bridgehead atoms. The monoisotopic (exact) mass is 611 g/mol. The molecular formula is C30H23ClN3NaO4S2. The zero-order valence-electron chi connectivity index (χ0n) is 20.9. The number of halogens is 1. The van der Waals surface area contributed by atoms with Crippen LogP contribution in [0.1, 0.15) is 11.1 Å². The maximum atomic E-state index is 12.5. The van der Waals surface area contributed by atoms with Crippen molar-refractivity contribution in [3.63, 3.8) is 0 Å². The second-order valence-electron chi connectivity index (χ2n) is 8.80. The molecule has 0 atom stereocenters. The predicted octanol–water partition coefficient (Wildman–Crippen LogP) is 5.49. The van der Waals surface area contributed by atoms with Gasteiger partial charge in [0.15, 0.2) is 5.17 Å². The topological polar surface area (TPSA) is 105 Å². The average molecular weight is 612 g/mol. The number of nitrogens with zero attached hydrogens (tertiary/aromatic N) is 1. The Morgan fingerprint density at radius 1 is 0.854 bits per heavy atom. The molecule has 11 heteroatoms. The van der Waals surface area contributed by atoms with E-state index in [1.807, 2.05) is 54.6 Å². The van der Waals surface area contributed by atoms with Crippen LogP contribution in [0.2, 0.25) is 5.02 Å². The Kier molecular flexibility index (Phi) is 10.2. The SMILES string of the molecule is O=C(Cc1ccc(NC2=NC(=O)/C(=C\c3ccc(-c4ccccc4)cc3)S2)cc1)NS(=O)(=O)c1ccc(Cl)cc1.[NaH]. The van der Waals surface area contributed by atoms with Crippen molar-refractivity contribution < 1.29 is 18.0 Å². The molecule has 1 aliphatic rings. The van der Waals surface area contributed by atoms with E-state index in [-0.39, 0.29) is 46.8 Å². The fourth-order valence-corrected chi connectivity index (χ4v) is 5.83. The number of nitrogens with one attached hydrogen (secondary N) is 2. The van der Waals surface area contributed by atoms with Crippen LogP contribution in [0, 0.1) is 0 Å². The maximum absolute atomic E-state index is 12.5. The summed E-state index contributed by atoms with van der Waals surface area (Å²) in [7, 11) is -3.99. The van der Waals surface area contributed by atoms with E-state index in [1.54, 1.807) is 30.3 Å². The molecule has 0 saturated carbocycles. The van der Waals surface area contributed by atoms with Crippen LogP contribution >= 0.6 is 23.4 Å². The molecule has 0 radical (unpaired) electrons. The predicted molar refractivity (Wildman–Crippen MR) is 168 cm³/mol. The summed E-state index contributed by atoms with van der Waals surface area (Å²) in [5.41, 5.74) is 4.40. The van der Waals surface area contributed by atoms with E-state index >= 15 is 0 Å². The van der Waals surface area contributed by atoms with Crippen molar-refractivity contribution >= 4 is 91.7 Å². The number of amidine groups is 1. The summed E-state index contributed by atoms with van der Waals surface area (Å²) in [5.74, 6) is -0.988. The van der Waals surface area contributed by atoms with Crippen LogP contribution in [0.15, 0.2) is 118 Å². The third kappa shape index (κ3) is 8.19. The number of benzene rings is 4. The number of aliphatic imine (C=N–C) groups is 1. The third-order valence-electron chi connectivity index (χ3n) is 5.88. The number of hydrogen-bond donors (Lipinski definition) is 2. The molecule has 4 aromatic carbocycles. The van der Waals surface area contributed by atoms with Crippen molar-refractivity contribution in [2.24, 2.45) is 4.99 Å². The zero-order valence-corrected chi connectivity index (χ0v) is 23.3. The first-order chi connectivity index (χ1) is 19.2. The van der Waals surface area contributed by atoms with Crippen LogP contribution in [-0.4, -0.2) is 55.0 Å². The summed E-state index contributed by atoms with van der Waals surface area (Å²) in [6, 6.07) is 30.4. The van der Waals surface area contributed by atoms with Crippen molar-refractivity contribution in [2.45, 2.75) is 11.3 Å². The van der Waals surface area contributed by atoms with Gasteiger partial charge in [-0.3, -0.25) is 9.59 Å². The van der Waals surface area contributed by atoms with E-state index in [2.05, 4.69) is 15.0 Å². The van der Waals surface area contributed by atoms with Crippen molar-refractivity contribution in [1.29, 1.82) is 0 Å². The quantitative estimate of drug-likeness (QED) is 0.212. The van der Waals surface area contributed by atoms with Crippen LogP contribution < -0.4 is 10.0 Å². The zero-order chi connectivity index (χ0) is 28.1. The van der Waals surface area contributed by atoms with Crippen LogP contribution in [-0.2, 0) is 26.0 Å². The van der Waals surface area contributed by atoms with E-state index < -0.39 is 15.9 Å². The van der Waals surface area contributed by atoms with Crippen molar-refractivity contribution in [2.75, 3.05) is 5.32 Å². The van der Waals surface area contributed by atoms with Gasteiger partial charge in [-0.25, -0.2) is 13.1 Å². The Bertz CT molecular complexity index is 1730. The van der Waals surface area contributed by atoms with Gasteiger partial charge < -0.3 is 5.32 Å². The van der Waals surface area contributed by atoms with Gasteiger partial charge in [0.25, 0.3) is 15.9 Å². The van der Waals surface area contributed by atoms with Gasteiger partial charge in [-0.05, 0) is 76.5 Å². The van der Waals surface area contributed by atoms with E-state index in [1.165, 1.54) is 36.0 Å². The van der Waals surface area contributed by atoms with E-state index in [0.717, 1.165) is 16.7 Å². The molecule has 202 valence electrons. The van der Waals surface area contributed by atoms with E-state index in [0.29, 0.717) is 26.3 Å². The van der Waals surface area contributed by atoms with Gasteiger partial charge in [0, 0.05) is 10.7 Å². The Hall–Kier alpha value is -3.18. The molecule has 41 heavy (non-hydrogen) atoms. The number of amides is 2. The number of thioether (sulfide) groups is 1. The normalized spacial score (nSPS) is 13.8. The second kappa shape index (κ2) is 13.7. The molecule has 4 aromatic rings. The molecule has 1 aliphatic heterocycles. The first-order valence-corrected chi connectivity index (χ1v) is 14.8. The molecule has 0 spiro atoms. The summed E-state index contributed by atoms with van der Waals surface area (Å²) >= 11 is 7.04. The number of carbonyl (C=O) groups is 2. The van der Waals surface area contributed by atoms with E-state index in [4.69, 9.17) is 11.6 Å². The molecule has 1 heterocycles. The average Bonchev–Trinajstić information content (AvgIpc) is 3.28. The minimum atomic E-state index is -3.99. The summed E-state index contributed by atoms with van der Waals surface area (Å²) in [6.07, 6.45) is 1.68. The summed E-state index contributed by atoms with van der Waals surface area (Å²) in [4.78, 5) is 29.4. The van der Waals surface area contributed by atoms with Crippen molar-refractivity contribution in [3.05, 3.63) is 124 Å². The first-order valence-electron chi connectivity index (χ1n) is 12.1. The van der Waals surface area contributed by atoms with Gasteiger partial charge in [-0.2, -0.15) is 4.99 Å². The van der Waals surface area contributed by atoms with Crippen molar-refractivity contribution in [3.8, 4) is 11.1 Å². The Morgan fingerprint density at radius 2 is 1.49 bits per heavy atom. The molecule has 0 saturated heterocycles. The fraction of sp³-hybridized carbons (Fsp3) is 0.0333. The number of rotatable bonds is 7. The van der Waals surface area contributed by atoms with Crippen molar-refractivity contribution in [1.82, 2.24) is 4.72 Å². The van der Waals surface area contributed by atoms with Gasteiger partial charge in [0.1, 0.15) is 0 Å². The minimum absolute atomic E-state index is 0. The van der Waals surface area contributed by atoms with Crippen LogP contribution in [0.25, 0.3) is 17.2 Å². The Labute approximate surface area is 269 Å². The molecule has 0 aromatic heterocycles. The standard InChI is InChI=1S/C30H22ClN3O4S2.Na.H/c31-24-12-16-26(17-13-24)40(37,38)34-28(35)19-21-8-14-25(15-9-21)32-30-33-29(36)27(39-30)18-20-6-10-23(11-7-20)22-4-2-1-3-5-22;;/h1-18H,19H2,(H,34,35)(H,32,33,36);;/b27-18+;;. The van der Waals surface area contributed by atoms with Gasteiger partial charge in [0.05, 0.1) is 16.2 Å². The van der Waals surface area contributed by atoms with Crippen LogP contribution in [0.3, 0.4) is 0 Å². The summed E-state index contributed by atoms with van der Waals surface area (Å²) < 4.78 is 26.9. The third-order valence-corrected chi connectivity index (χ3v) is 8.42. The Morgan fingerprint density at radius 3 is 2.15 bits per heavy atom. The molecule has 2 N–H and O–H groups in total. The molecule has 0 aliphatic carbocycles. The number of anilines is 1. The Balaban J connectivity index is 0.00000387. The summed E-state index contributed by atoms with van der Waals surface area (Å²) in [5, 5.41) is 3.94. The molecule has 0 unspecified atom stereocenters. The second-order valence-corrected chi connectivity index (χ2v) is 12.0. The van der Waals surface area contributed by atoms with E-state index in [9.17, 15) is 18.0 Å². The van der Waals surface area contributed by atoms with Gasteiger partial charge in [-0.1, -0.05) is 78.3 Å². The van der Waals surface area contributed by atoms with Gasteiger partial charge in [0.2, 0.25) is 5.91 Å². The number of hydrogen-bond acceptors (Lipinski definition) is 6. The molecule has 0 fully saturated rings. The molecular weight excluding hydrogens is 589 g/mol. The molecule has 7 nitrogen and oxygen atoms in total. The van der Waals surface area contributed by atoms with Gasteiger partial charge in [-0.15, -0.1) is 0 Å². The first kappa shape index (κ1) is 30.8. The number of carbonyl (C=O) groups excluding carboxylic acids is 2. The number of sulfonamides is 1. The van der Waals surface area contributed by atoms with Crippen LogP contribution in [0.4, 0.5) is 5.69 Å². The summed E-state index contributed by atoms with van der Waals surface area (Å²) in [6.45, 7) is 0. The van der Waals surface area contributed by atoms with Crippen LogP contribution in [0.5, 0.6) is 0 Å². The van der Waals surface area contributed by atoms with Gasteiger partial charge >= 0.3 is 29.6 Å². The fourth-order valence-electron chi connectivity index (χ4n) is 3.89. The molecule has 5 rings (SSSR count).